The van der Waals surface area contributed by atoms with Gasteiger partial charge in [-0.3, -0.25) is 0 Å². The number of nitrogens with two attached hydrogens (primary N) is 1. The van der Waals surface area contributed by atoms with Crippen molar-refractivity contribution in [1.82, 2.24) is 0 Å². The molecule has 4 heteroatoms. The maximum absolute atomic E-state index is 6.27. The Morgan fingerprint density at radius 2 is 1.75 bits per heavy atom. The summed E-state index contributed by atoms with van der Waals surface area (Å²) >= 11 is 5.96. The number of hydrogen-bond donors (Lipinski definition) is 1. The van der Waals surface area contributed by atoms with E-state index in [4.69, 9.17) is 26.8 Å². The molecule has 3 nitrogen and oxygen atoms in total. The molecular formula is C16H18ClNO2. The monoisotopic (exact) mass is 291 g/mol. The molecule has 0 saturated heterocycles. The SMILES string of the molecule is COc1ccc(CC(N)c2ccc(Cl)cc2OC)cc1. The summed E-state index contributed by atoms with van der Waals surface area (Å²) in [6.07, 6.45) is 0.724. The van der Waals surface area contributed by atoms with Crippen molar-refractivity contribution in [2.75, 3.05) is 14.2 Å². The minimum Gasteiger partial charge on any atom is -0.497 e. The number of methoxy groups -OCH3 is 2. The molecular weight excluding hydrogens is 274 g/mol. The van der Waals surface area contributed by atoms with Crippen LogP contribution in [-0.4, -0.2) is 14.2 Å². The van der Waals surface area contributed by atoms with E-state index in [0.29, 0.717) is 5.02 Å². The highest BCUT2D eigenvalue weighted by Gasteiger charge is 2.13. The van der Waals surface area contributed by atoms with E-state index in [2.05, 4.69) is 0 Å². The second-order valence-electron chi connectivity index (χ2n) is 4.54. The molecule has 0 radical (unpaired) electrons. The van der Waals surface area contributed by atoms with Crippen LogP contribution in [0.4, 0.5) is 0 Å². The van der Waals surface area contributed by atoms with Gasteiger partial charge in [-0.15, -0.1) is 0 Å². The molecule has 0 heterocycles. The lowest BCUT2D eigenvalue weighted by Gasteiger charge is -2.16. The molecule has 20 heavy (non-hydrogen) atoms. The van der Waals surface area contributed by atoms with Crippen LogP contribution in [0.2, 0.25) is 5.02 Å². The van der Waals surface area contributed by atoms with Gasteiger partial charge >= 0.3 is 0 Å². The number of benzene rings is 2. The van der Waals surface area contributed by atoms with E-state index < -0.39 is 0 Å². The molecule has 0 aliphatic heterocycles. The molecule has 0 aliphatic rings. The highest BCUT2D eigenvalue weighted by atomic mass is 35.5. The van der Waals surface area contributed by atoms with Crippen LogP contribution in [0.3, 0.4) is 0 Å². The Morgan fingerprint density at radius 1 is 1.05 bits per heavy atom. The van der Waals surface area contributed by atoms with Gasteiger partial charge in [-0.25, -0.2) is 0 Å². The van der Waals surface area contributed by atoms with Crippen molar-refractivity contribution in [2.45, 2.75) is 12.5 Å². The van der Waals surface area contributed by atoms with Gasteiger partial charge in [0.1, 0.15) is 11.5 Å². The van der Waals surface area contributed by atoms with Gasteiger partial charge in [-0.05, 0) is 36.2 Å². The molecule has 1 unspecified atom stereocenters. The minimum absolute atomic E-state index is 0.143. The minimum atomic E-state index is -0.143. The predicted octanol–water partition coefficient (Wildman–Crippen LogP) is 3.60. The van der Waals surface area contributed by atoms with Crippen molar-refractivity contribution in [3.05, 3.63) is 58.6 Å². The molecule has 106 valence electrons. The van der Waals surface area contributed by atoms with Gasteiger partial charge in [-0.2, -0.15) is 0 Å². The van der Waals surface area contributed by atoms with Crippen LogP contribution in [0.15, 0.2) is 42.5 Å². The molecule has 2 aromatic carbocycles. The first-order valence-corrected chi connectivity index (χ1v) is 6.73. The average molecular weight is 292 g/mol. The standard InChI is InChI=1S/C16H18ClNO2/c1-19-13-6-3-11(4-7-13)9-15(18)14-8-5-12(17)10-16(14)20-2/h3-8,10,15H,9,18H2,1-2H3. The molecule has 0 aliphatic carbocycles. The van der Waals surface area contributed by atoms with Crippen LogP contribution in [0.1, 0.15) is 17.2 Å². The van der Waals surface area contributed by atoms with Crippen LogP contribution < -0.4 is 15.2 Å². The highest BCUT2D eigenvalue weighted by Crippen LogP contribution is 2.29. The van der Waals surface area contributed by atoms with Crippen molar-refractivity contribution < 1.29 is 9.47 Å². The third-order valence-electron chi connectivity index (χ3n) is 3.21. The van der Waals surface area contributed by atoms with Crippen molar-refractivity contribution in [3.8, 4) is 11.5 Å². The van der Waals surface area contributed by atoms with Gasteiger partial charge < -0.3 is 15.2 Å². The van der Waals surface area contributed by atoms with Crippen LogP contribution >= 0.6 is 11.6 Å². The molecule has 0 bridgehead atoms. The largest absolute Gasteiger partial charge is 0.497 e. The van der Waals surface area contributed by atoms with Crippen LogP contribution in [0.25, 0.3) is 0 Å². The normalized spacial score (nSPS) is 12.0. The zero-order valence-corrected chi connectivity index (χ0v) is 12.4. The van der Waals surface area contributed by atoms with Gasteiger partial charge in [-0.1, -0.05) is 29.8 Å². The zero-order chi connectivity index (χ0) is 14.5. The number of ether oxygens (including phenoxy) is 2. The fraction of sp³-hybridized carbons (Fsp3) is 0.250. The predicted molar refractivity (Wildman–Crippen MR) is 81.6 cm³/mol. The first-order chi connectivity index (χ1) is 9.63. The van der Waals surface area contributed by atoms with Crippen LogP contribution in [0.5, 0.6) is 11.5 Å². The zero-order valence-electron chi connectivity index (χ0n) is 11.6. The number of hydrogen-bond acceptors (Lipinski definition) is 3. The van der Waals surface area contributed by atoms with Crippen LogP contribution in [0, 0.1) is 0 Å². The Hall–Kier alpha value is -1.71. The molecule has 1 atom stereocenters. The lowest BCUT2D eigenvalue weighted by Crippen LogP contribution is -2.14. The van der Waals surface area contributed by atoms with Crippen molar-refractivity contribution >= 4 is 11.6 Å². The summed E-state index contributed by atoms with van der Waals surface area (Å²) in [7, 11) is 3.27. The van der Waals surface area contributed by atoms with Crippen molar-refractivity contribution in [3.63, 3.8) is 0 Å². The Balaban J connectivity index is 2.16. The van der Waals surface area contributed by atoms with E-state index in [9.17, 15) is 0 Å². The van der Waals surface area contributed by atoms with E-state index in [-0.39, 0.29) is 6.04 Å². The maximum atomic E-state index is 6.27. The van der Waals surface area contributed by atoms with E-state index in [1.165, 1.54) is 0 Å². The van der Waals surface area contributed by atoms with Crippen molar-refractivity contribution in [2.24, 2.45) is 5.73 Å². The smallest absolute Gasteiger partial charge is 0.125 e. The third kappa shape index (κ3) is 3.44. The molecule has 2 N–H and O–H groups in total. The van der Waals surface area contributed by atoms with E-state index in [1.807, 2.05) is 36.4 Å². The topological polar surface area (TPSA) is 44.5 Å². The fourth-order valence-corrected chi connectivity index (χ4v) is 2.28. The van der Waals surface area contributed by atoms with E-state index >= 15 is 0 Å². The Bertz CT molecular complexity index is 569. The van der Waals surface area contributed by atoms with E-state index in [0.717, 1.165) is 29.0 Å². The Labute approximate surface area is 124 Å². The van der Waals surface area contributed by atoms with Crippen molar-refractivity contribution in [1.29, 1.82) is 0 Å². The lowest BCUT2D eigenvalue weighted by atomic mass is 9.99. The number of halogens is 1. The Morgan fingerprint density at radius 3 is 2.35 bits per heavy atom. The first kappa shape index (κ1) is 14.7. The van der Waals surface area contributed by atoms with Crippen LogP contribution in [-0.2, 0) is 6.42 Å². The maximum Gasteiger partial charge on any atom is 0.125 e. The second kappa shape index (κ2) is 6.64. The highest BCUT2D eigenvalue weighted by molar-refractivity contribution is 6.30. The van der Waals surface area contributed by atoms with Gasteiger partial charge in [0.25, 0.3) is 0 Å². The quantitative estimate of drug-likeness (QED) is 0.915. The van der Waals surface area contributed by atoms with Gasteiger partial charge in [0.2, 0.25) is 0 Å². The molecule has 0 amide bonds. The summed E-state index contributed by atoms with van der Waals surface area (Å²) in [5.41, 5.74) is 8.37. The first-order valence-electron chi connectivity index (χ1n) is 6.36. The second-order valence-corrected chi connectivity index (χ2v) is 4.98. The fourth-order valence-electron chi connectivity index (χ4n) is 2.12. The van der Waals surface area contributed by atoms with Gasteiger partial charge in [0, 0.05) is 16.6 Å². The molecule has 2 aromatic rings. The Kier molecular flexibility index (Phi) is 4.88. The molecule has 2 rings (SSSR count). The summed E-state index contributed by atoms with van der Waals surface area (Å²) in [6.45, 7) is 0. The average Bonchev–Trinajstić information content (AvgIpc) is 2.47. The molecule has 0 spiro atoms. The summed E-state index contributed by atoms with van der Waals surface area (Å²) in [5, 5.41) is 0.641. The number of rotatable bonds is 5. The summed E-state index contributed by atoms with van der Waals surface area (Å²) in [4.78, 5) is 0. The third-order valence-corrected chi connectivity index (χ3v) is 3.44. The van der Waals surface area contributed by atoms with Gasteiger partial charge in [0.15, 0.2) is 0 Å². The summed E-state index contributed by atoms with van der Waals surface area (Å²) < 4.78 is 10.5. The van der Waals surface area contributed by atoms with Gasteiger partial charge in [0.05, 0.1) is 14.2 Å². The molecule has 0 saturated carbocycles. The molecule has 0 fully saturated rings. The van der Waals surface area contributed by atoms with E-state index in [1.54, 1.807) is 20.3 Å². The summed E-state index contributed by atoms with van der Waals surface area (Å²) in [5.74, 6) is 1.56. The lowest BCUT2D eigenvalue weighted by molar-refractivity contribution is 0.405. The summed E-state index contributed by atoms with van der Waals surface area (Å²) in [6, 6.07) is 13.3. The molecule has 0 aromatic heterocycles.